The fourth-order valence-electron chi connectivity index (χ4n) is 1.45. The van der Waals surface area contributed by atoms with Crippen molar-refractivity contribution < 1.29 is 4.79 Å². The molecule has 1 atom stereocenters. The van der Waals surface area contributed by atoms with Crippen LogP contribution in [0, 0.1) is 12.8 Å². The molecule has 2 nitrogen and oxygen atoms in total. The van der Waals surface area contributed by atoms with Crippen LogP contribution in [0.15, 0.2) is 10.5 Å². The average molecular weight is 327 g/mol. The van der Waals surface area contributed by atoms with Gasteiger partial charge in [0, 0.05) is 21.8 Å². The summed E-state index contributed by atoms with van der Waals surface area (Å²) >= 11 is 5.00. The van der Waals surface area contributed by atoms with Gasteiger partial charge in [0.1, 0.15) is 0 Å². The van der Waals surface area contributed by atoms with Gasteiger partial charge in [-0.25, -0.2) is 0 Å². The molecule has 0 fully saturated rings. The van der Waals surface area contributed by atoms with Gasteiger partial charge in [-0.3, -0.25) is 4.79 Å². The molecule has 0 radical (unpaired) electrons. The molecule has 92 valence electrons. The minimum atomic E-state index is 0. The fourth-order valence-corrected chi connectivity index (χ4v) is 3.04. The zero-order valence-electron chi connectivity index (χ0n) is 9.91. The number of aryl methyl sites for hydroxylation is 1. The lowest BCUT2D eigenvalue weighted by Gasteiger charge is -2.14. The first-order valence-corrected chi connectivity index (χ1v) is 6.47. The van der Waals surface area contributed by atoms with Crippen molar-refractivity contribution in [3.05, 3.63) is 20.3 Å². The molecule has 0 amide bonds. The van der Waals surface area contributed by atoms with Crippen LogP contribution < -0.4 is 0 Å². The van der Waals surface area contributed by atoms with Gasteiger partial charge in [-0.05, 0) is 43.0 Å². The molecule has 0 aliphatic heterocycles. The predicted molar refractivity (Wildman–Crippen MR) is 76.1 cm³/mol. The number of thiophene rings is 1. The Kier molecular flexibility index (Phi) is 6.79. The molecular weight excluding hydrogens is 310 g/mol. The Morgan fingerprint density at radius 2 is 2.12 bits per heavy atom. The smallest absolute Gasteiger partial charge is 0.176 e. The first kappa shape index (κ1) is 16.1. The molecule has 0 aliphatic carbocycles. The summed E-state index contributed by atoms with van der Waals surface area (Å²) in [6.07, 6.45) is 0. The van der Waals surface area contributed by atoms with Gasteiger partial charge < -0.3 is 4.90 Å². The zero-order valence-corrected chi connectivity index (χ0v) is 13.1. The van der Waals surface area contributed by atoms with E-state index >= 15 is 0 Å². The highest BCUT2D eigenvalue weighted by molar-refractivity contribution is 9.10. The van der Waals surface area contributed by atoms with Crippen LogP contribution in [0.4, 0.5) is 0 Å². The quantitative estimate of drug-likeness (QED) is 0.788. The van der Waals surface area contributed by atoms with Gasteiger partial charge in [-0.15, -0.1) is 23.7 Å². The third kappa shape index (κ3) is 4.17. The van der Waals surface area contributed by atoms with Crippen LogP contribution >= 0.6 is 39.7 Å². The summed E-state index contributed by atoms with van der Waals surface area (Å²) in [5.74, 6) is 0.299. The van der Waals surface area contributed by atoms with E-state index in [0.717, 1.165) is 20.8 Å². The molecular formula is C11H17BrClNOS. The van der Waals surface area contributed by atoms with E-state index in [-0.39, 0.29) is 24.1 Å². The Bertz CT molecular complexity index is 345. The molecule has 0 spiro atoms. The fraction of sp³-hybridized carbons (Fsp3) is 0.545. The summed E-state index contributed by atoms with van der Waals surface area (Å²) in [5, 5.41) is 0. The number of hydrogen-bond donors (Lipinski definition) is 0. The average Bonchev–Trinajstić information content (AvgIpc) is 2.44. The number of rotatable bonds is 4. The van der Waals surface area contributed by atoms with Gasteiger partial charge >= 0.3 is 0 Å². The number of Topliss-reactive ketones (excluding diaryl/α,β-unsaturated/α-hetero) is 1. The molecule has 0 aliphatic rings. The predicted octanol–water partition coefficient (Wildman–Crippen LogP) is 3.62. The largest absolute Gasteiger partial charge is 0.309 e. The van der Waals surface area contributed by atoms with Crippen molar-refractivity contribution in [3.63, 3.8) is 0 Å². The van der Waals surface area contributed by atoms with Gasteiger partial charge in [0.15, 0.2) is 5.78 Å². The third-order valence-electron chi connectivity index (χ3n) is 2.19. The Hall–Kier alpha value is 0.1000. The van der Waals surface area contributed by atoms with E-state index in [0.29, 0.717) is 0 Å². The summed E-state index contributed by atoms with van der Waals surface area (Å²) < 4.78 is 1.04. The number of carbonyl (C=O) groups is 1. The molecule has 0 N–H and O–H groups in total. The summed E-state index contributed by atoms with van der Waals surface area (Å²) in [6, 6.07) is 1.93. The summed E-state index contributed by atoms with van der Waals surface area (Å²) in [4.78, 5) is 16.1. The number of nitrogens with zero attached hydrogens (tertiary/aromatic N) is 1. The molecule has 5 heteroatoms. The number of ketones is 1. The first-order chi connectivity index (χ1) is 6.91. The number of carbonyl (C=O) groups excluding carboxylic acids is 1. The molecule has 1 heterocycles. The molecule has 16 heavy (non-hydrogen) atoms. The van der Waals surface area contributed by atoms with Gasteiger partial charge in [0.05, 0.1) is 4.88 Å². The lowest BCUT2D eigenvalue weighted by atomic mass is 10.1. The third-order valence-corrected chi connectivity index (χ3v) is 4.34. The van der Waals surface area contributed by atoms with Crippen LogP contribution in [-0.4, -0.2) is 31.3 Å². The Morgan fingerprint density at radius 3 is 2.50 bits per heavy atom. The van der Waals surface area contributed by atoms with E-state index in [1.165, 1.54) is 0 Å². The highest BCUT2D eigenvalue weighted by atomic mass is 79.9. The topological polar surface area (TPSA) is 20.3 Å². The maximum absolute atomic E-state index is 12.0. The standard InChI is InChI=1S/C11H16BrNOS.ClH/c1-7(6-13(3)4)11(14)10-5-9(12)8(2)15-10;/h5,7H,6H2,1-4H3;1H. The lowest BCUT2D eigenvalue weighted by molar-refractivity contribution is 0.0914. The van der Waals surface area contributed by atoms with Crippen molar-refractivity contribution in [2.45, 2.75) is 13.8 Å². The van der Waals surface area contributed by atoms with Crippen molar-refractivity contribution in [1.82, 2.24) is 4.90 Å². The minimum Gasteiger partial charge on any atom is -0.309 e. The molecule has 0 bridgehead atoms. The van der Waals surface area contributed by atoms with E-state index in [2.05, 4.69) is 15.9 Å². The van der Waals surface area contributed by atoms with Gasteiger partial charge in [-0.2, -0.15) is 0 Å². The van der Waals surface area contributed by atoms with E-state index in [1.807, 2.05) is 38.9 Å². The maximum Gasteiger partial charge on any atom is 0.176 e. The second kappa shape index (κ2) is 6.74. The lowest BCUT2D eigenvalue weighted by Crippen LogP contribution is -2.25. The monoisotopic (exact) mass is 325 g/mol. The zero-order chi connectivity index (χ0) is 11.6. The van der Waals surface area contributed by atoms with Crippen LogP contribution in [0.2, 0.25) is 0 Å². The van der Waals surface area contributed by atoms with Gasteiger partial charge in [0.25, 0.3) is 0 Å². The molecule has 1 aromatic rings. The highest BCUT2D eigenvalue weighted by Gasteiger charge is 2.18. The Labute approximate surface area is 116 Å². The van der Waals surface area contributed by atoms with E-state index in [1.54, 1.807) is 11.3 Å². The van der Waals surface area contributed by atoms with Crippen molar-refractivity contribution in [3.8, 4) is 0 Å². The normalized spacial score (nSPS) is 12.4. The Balaban J connectivity index is 0.00000225. The van der Waals surface area contributed by atoms with Crippen LogP contribution in [0.25, 0.3) is 0 Å². The number of halogens is 2. The Morgan fingerprint density at radius 1 is 1.56 bits per heavy atom. The summed E-state index contributed by atoms with van der Waals surface area (Å²) in [6.45, 7) is 4.79. The van der Waals surface area contributed by atoms with Crippen molar-refractivity contribution in [1.29, 1.82) is 0 Å². The van der Waals surface area contributed by atoms with E-state index in [4.69, 9.17) is 0 Å². The van der Waals surface area contributed by atoms with Crippen molar-refractivity contribution in [2.75, 3.05) is 20.6 Å². The second-order valence-electron chi connectivity index (χ2n) is 4.04. The van der Waals surface area contributed by atoms with Gasteiger partial charge in [0.2, 0.25) is 0 Å². The minimum absolute atomic E-state index is 0. The molecule has 0 saturated carbocycles. The molecule has 0 aromatic carbocycles. The van der Waals surface area contributed by atoms with Crippen LogP contribution in [-0.2, 0) is 0 Å². The number of hydrogen-bond acceptors (Lipinski definition) is 3. The van der Waals surface area contributed by atoms with E-state index < -0.39 is 0 Å². The molecule has 0 saturated heterocycles. The van der Waals surface area contributed by atoms with Crippen LogP contribution in [0.3, 0.4) is 0 Å². The summed E-state index contributed by atoms with van der Waals surface area (Å²) in [7, 11) is 3.97. The highest BCUT2D eigenvalue weighted by Crippen LogP contribution is 2.28. The maximum atomic E-state index is 12.0. The molecule has 1 aromatic heterocycles. The SMILES string of the molecule is Cc1sc(C(=O)C(C)CN(C)C)cc1Br.Cl. The summed E-state index contributed by atoms with van der Waals surface area (Å²) in [5.41, 5.74) is 0. The van der Waals surface area contributed by atoms with Crippen LogP contribution in [0.5, 0.6) is 0 Å². The van der Waals surface area contributed by atoms with Crippen LogP contribution in [0.1, 0.15) is 21.5 Å². The van der Waals surface area contributed by atoms with E-state index in [9.17, 15) is 4.79 Å². The van der Waals surface area contributed by atoms with Crippen molar-refractivity contribution in [2.24, 2.45) is 5.92 Å². The first-order valence-electron chi connectivity index (χ1n) is 4.86. The van der Waals surface area contributed by atoms with Crippen molar-refractivity contribution >= 4 is 45.5 Å². The van der Waals surface area contributed by atoms with Gasteiger partial charge in [-0.1, -0.05) is 6.92 Å². The molecule has 1 rings (SSSR count). The molecule has 1 unspecified atom stereocenters. The second-order valence-corrected chi connectivity index (χ2v) is 6.15.